The van der Waals surface area contributed by atoms with Crippen LogP contribution >= 0.6 is 0 Å². The second-order valence-corrected chi connectivity index (χ2v) is 11.7. The van der Waals surface area contributed by atoms with Gasteiger partial charge < -0.3 is 9.73 Å². The zero-order chi connectivity index (χ0) is 22.0. The number of hydrogen-bond donors (Lipinski definition) is 1. The van der Waals surface area contributed by atoms with Gasteiger partial charge in [-0.25, -0.2) is 0 Å². The van der Waals surface area contributed by atoms with E-state index in [0.29, 0.717) is 31.7 Å². The van der Waals surface area contributed by atoms with E-state index in [1.165, 1.54) is 18.4 Å². The molecule has 31 heavy (non-hydrogen) atoms. The maximum atomic E-state index is 13.0. The molecule has 1 heterocycles. The van der Waals surface area contributed by atoms with Crippen molar-refractivity contribution in [1.82, 2.24) is 5.32 Å². The number of rotatable bonds is 8. The third-order valence-electron chi connectivity index (χ3n) is 5.69. The normalized spacial score (nSPS) is 15.2. The lowest BCUT2D eigenvalue weighted by Crippen LogP contribution is -2.26. The molecule has 1 aromatic heterocycles. The zero-order valence-electron chi connectivity index (χ0n) is 18.6. The van der Waals surface area contributed by atoms with Gasteiger partial charge in [0, 0.05) is 40.0 Å². The van der Waals surface area contributed by atoms with Crippen molar-refractivity contribution < 1.29 is 13.4 Å². The first kappa shape index (κ1) is 21.8. The third kappa shape index (κ3) is 5.45. The zero-order valence-corrected chi connectivity index (χ0v) is 19.4. The number of furan rings is 1. The molecule has 1 fully saturated rings. The first-order valence-electron chi connectivity index (χ1n) is 11.1. The molecule has 1 atom stereocenters. The van der Waals surface area contributed by atoms with Crippen molar-refractivity contribution in [2.75, 3.05) is 6.54 Å². The monoisotopic (exact) mass is 437 g/mol. The molecule has 0 radical (unpaired) electrons. The minimum atomic E-state index is -1.12. The van der Waals surface area contributed by atoms with Crippen LogP contribution in [0.5, 0.6) is 0 Å². The van der Waals surface area contributed by atoms with Gasteiger partial charge in [-0.1, -0.05) is 30.3 Å². The fourth-order valence-corrected chi connectivity index (χ4v) is 4.95. The molecule has 1 amide bonds. The van der Waals surface area contributed by atoms with Gasteiger partial charge >= 0.3 is 0 Å². The number of amides is 1. The maximum Gasteiger partial charge on any atom is 0.220 e. The number of carbonyl (C=O) groups excluding carboxylic acids is 1. The summed E-state index contributed by atoms with van der Waals surface area (Å²) in [6, 6.07) is 16.1. The molecule has 4 rings (SSSR count). The molecular formula is C26H31NO3S. The van der Waals surface area contributed by atoms with E-state index < -0.39 is 10.8 Å². The molecule has 0 bridgehead atoms. The van der Waals surface area contributed by atoms with Gasteiger partial charge in [0.1, 0.15) is 11.3 Å². The Morgan fingerprint density at radius 2 is 1.87 bits per heavy atom. The van der Waals surface area contributed by atoms with Crippen molar-refractivity contribution in [3.8, 4) is 0 Å². The van der Waals surface area contributed by atoms with Crippen LogP contribution in [0.3, 0.4) is 0 Å². The third-order valence-corrected chi connectivity index (χ3v) is 7.49. The summed E-state index contributed by atoms with van der Waals surface area (Å²) in [4.78, 5) is 13.0. The minimum Gasteiger partial charge on any atom is -0.460 e. The highest BCUT2D eigenvalue weighted by Crippen LogP contribution is 2.33. The van der Waals surface area contributed by atoms with E-state index in [-0.39, 0.29) is 10.7 Å². The highest BCUT2D eigenvalue weighted by atomic mass is 32.2. The quantitative estimate of drug-likeness (QED) is 0.514. The molecule has 2 aromatic carbocycles. The molecule has 1 unspecified atom stereocenters. The number of nitrogens with one attached hydrogen (secondary N) is 1. The van der Waals surface area contributed by atoms with Crippen LogP contribution in [0.25, 0.3) is 11.0 Å². The smallest absolute Gasteiger partial charge is 0.220 e. The van der Waals surface area contributed by atoms with Crippen molar-refractivity contribution in [3.63, 3.8) is 0 Å². The summed E-state index contributed by atoms with van der Waals surface area (Å²) < 4.78 is 18.9. The molecular weight excluding hydrogens is 406 g/mol. The largest absolute Gasteiger partial charge is 0.460 e. The van der Waals surface area contributed by atoms with Crippen LogP contribution in [0.2, 0.25) is 0 Å². The van der Waals surface area contributed by atoms with Gasteiger partial charge in [-0.3, -0.25) is 9.00 Å². The number of fused-ring (bicyclic) bond motifs is 1. The van der Waals surface area contributed by atoms with Gasteiger partial charge in [-0.05, 0) is 69.7 Å². The summed E-state index contributed by atoms with van der Waals surface area (Å²) in [5.41, 5.74) is 3.08. The summed E-state index contributed by atoms with van der Waals surface area (Å²) in [6.07, 6.45) is 4.37. The first-order chi connectivity index (χ1) is 14.8. The Balaban J connectivity index is 1.62. The van der Waals surface area contributed by atoms with Crippen LogP contribution < -0.4 is 5.32 Å². The number of carbonyl (C=O) groups is 1. The standard InChI is InChI=1S/C26H31NO3S/c1-26(2,3)31(29)20-11-12-23-22(17-20)21(13-14-27-25(28)16-19-9-10-19)24(30-23)15-18-7-5-4-6-8-18/h4-8,11-12,17,19H,9-10,13-16H2,1-3H3,(H,27,28). The lowest BCUT2D eigenvalue weighted by molar-refractivity contribution is -0.121. The summed E-state index contributed by atoms with van der Waals surface area (Å²) >= 11 is 0. The van der Waals surface area contributed by atoms with Gasteiger partial charge in [0.05, 0.1) is 10.8 Å². The Morgan fingerprint density at radius 3 is 2.55 bits per heavy atom. The highest BCUT2D eigenvalue weighted by Gasteiger charge is 2.25. The van der Waals surface area contributed by atoms with E-state index in [2.05, 4.69) is 17.4 Å². The van der Waals surface area contributed by atoms with Crippen LogP contribution in [-0.2, 0) is 28.4 Å². The molecule has 0 spiro atoms. The highest BCUT2D eigenvalue weighted by molar-refractivity contribution is 7.86. The Morgan fingerprint density at radius 1 is 1.13 bits per heavy atom. The minimum absolute atomic E-state index is 0.134. The summed E-state index contributed by atoms with van der Waals surface area (Å²) in [5.74, 6) is 1.63. The lowest BCUT2D eigenvalue weighted by atomic mass is 10.0. The Bertz CT molecular complexity index is 1090. The van der Waals surface area contributed by atoms with E-state index in [9.17, 15) is 9.00 Å². The molecule has 3 aromatic rings. The second kappa shape index (κ2) is 8.99. The number of benzene rings is 2. The van der Waals surface area contributed by atoms with Crippen LogP contribution in [-0.4, -0.2) is 21.4 Å². The predicted octanol–water partition coefficient (Wildman–Crippen LogP) is 5.39. The molecule has 1 aliphatic carbocycles. The molecule has 1 N–H and O–H groups in total. The molecule has 1 aliphatic rings. The average Bonchev–Trinajstić information content (AvgIpc) is 3.48. The van der Waals surface area contributed by atoms with Gasteiger partial charge in [-0.2, -0.15) is 0 Å². The Kier molecular flexibility index (Phi) is 6.33. The second-order valence-electron chi connectivity index (χ2n) is 9.45. The molecule has 5 heteroatoms. The molecule has 0 saturated heterocycles. The van der Waals surface area contributed by atoms with Crippen LogP contribution in [0.4, 0.5) is 0 Å². The first-order valence-corrected chi connectivity index (χ1v) is 12.2. The van der Waals surface area contributed by atoms with E-state index in [4.69, 9.17) is 4.42 Å². The topological polar surface area (TPSA) is 59.3 Å². The van der Waals surface area contributed by atoms with E-state index in [0.717, 1.165) is 27.2 Å². The van der Waals surface area contributed by atoms with Gasteiger partial charge in [0.25, 0.3) is 0 Å². The fraction of sp³-hybridized carbons (Fsp3) is 0.423. The average molecular weight is 438 g/mol. The SMILES string of the molecule is CC(C)(C)S(=O)c1ccc2oc(Cc3ccccc3)c(CCNC(=O)CC3CC3)c2c1. The van der Waals surface area contributed by atoms with Crippen LogP contribution in [0, 0.1) is 5.92 Å². The Hall–Kier alpha value is -2.40. The fourth-order valence-electron chi connectivity index (χ4n) is 3.83. The molecule has 1 saturated carbocycles. The van der Waals surface area contributed by atoms with Crippen molar-refractivity contribution in [2.45, 2.75) is 62.5 Å². The number of hydrogen-bond acceptors (Lipinski definition) is 3. The molecule has 0 aliphatic heterocycles. The summed E-state index contributed by atoms with van der Waals surface area (Å²) in [7, 11) is -1.12. The summed E-state index contributed by atoms with van der Waals surface area (Å²) in [5, 5.41) is 4.07. The Labute approximate surface area is 186 Å². The molecule has 4 nitrogen and oxygen atoms in total. The summed E-state index contributed by atoms with van der Waals surface area (Å²) in [6.45, 7) is 6.54. The van der Waals surface area contributed by atoms with Crippen molar-refractivity contribution >= 4 is 27.7 Å². The van der Waals surface area contributed by atoms with E-state index in [1.807, 2.05) is 57.2 Å². The molecule has 164 valence electrons. The van der Waals surface area contributed by atoms with E-state index >= 15 is 0 Å². The van der Waals surface area contributed by atoms with Crippen molar-refractivity contribution in [3.05, 3.63) is 65.4 Å². The van der Waals surface area contributed by atoms with Gasteiger partial charge in [0.15, 0.2) is 0 Å². The van der Waals surface area contributed by atoms with Gasteiger partial charge in [-0.15, -0.1) is 0 Å². The van der Waals surface area contributed by atoms with E-state index in [1.54, 1.807) is 0 Å². The van der Waals surface area contributed by atoms with Crippen molar-refractivity contribution in [1.29, 1.82) is 0 Å². The van der Waals surface area contributed by atoms with Crippen LogP contribution in [0.15, 0.2) is 57.8 Å². The van der Waals surface area contributed by atoms with Crippen molar-refractivity contribution in [2.24, 2.45) is 5.92 Å². The maximum absolute atomic E-state index is 13.0. The predicted molar refractivity (Wildman–Crippen MR) is 126 cm³/mol. The van der Waals surface area contributed by atoms with Crippen LogP contribution in [0.1, 0.15) is 56.9 Å². The van der Waals surface area contributed by atoms with Gasteiger partial charge in [0.2, 0.25) is 5.91 Å². The lowest BCUT2D eigenvalue weighted by Gasteiger charge is -2.17.